The third-order valence-electron chi connectivity index (χ3n) is 3.26. The molecule has 21 heavy (non-hydrogen) atoms. The van der Waals surface area contributed by atoms with Gasteiger partial charge < -0.3 is 9.47 Å². The van der Waals surface area contributed by atoms with Crippen LogP contribution in [0.25, 0.3) is 0 Å². The molecule has 0 atom stereocenters. The minimum absolute atomic E-state index is 0.144. The van der Waals surface area contributed by atoms with Gasteiger partial charge in [0.25, 0.3) is 0 Å². The maximum atomic E-state index is 12.9. The van der Waals surface area contributed by atoms with Crippen molar-refractivity contribution in [2.24, 2.45) is 0 Å². The topological polar surface area (TPSA) is 35.5 Å². The van der Waals surface area contributed by atoms with Crippen LogP contribution in [0.1, 0.15) is 15.9 Å². The number of benzene rings is 2. The SMILES string of the molecule is O=C(COc1ccc(F)cc1Cl)c1ccc2c(c1)CCO2. The first-order chi connectivity index (χ1) is 10.1. The number of carbonyl (C=O) groups excluding carboxylic acids is 1. The average molecular weight is 307 g/mol. The number of halogens is 2. The zero-order valence-corrected chi connectivity index (χ0v) is 11.8. The summed E-state index contributed by atoms with van der Waals surface area (Å²) in [5.74, 6) is 0.507. The molecule has 1 aliphatic rings. The molecule has 0 amide bonds. The number of Topliss-reactive ketones (excluding diaryl/α,β-unsaturated/α-hetero) is 1. The summed E-state index contributed by atoms with van der Waals surface area (Å²) in [7, 11) is 0. The maximum Gasteiger partial charge on any atom is 0.200 e. The zero-order chi connectivity index (χ0) is 14.8. The quantitative estimate of drug-likeness (QED) is 0.808. The molecule has 3 nitrogen and oxygen atoms in total. The van der Waals surface area contributed by atoms with E-state index in [-0.39, 0.29) is 23.2 Å². The molecule has 0 aromatic heterocycles. The summed E-state index contributed by atoms with van der Waals surface area (Å²) in [5, 5.41) is 0.144. The Hall–Kier alpha value is -2.07. The Balaban J connectivity index is 1.69. The van der Waals surface area contributed by atoms with E-state index in [1.165, 1.54) is 12.1 Å². The Labute approximate surface area is 126 Å². The third-order valence-corrected chi connectivity index (χ3v) is 3.56. The molecular formula is C16H12ClFO3. The molecule has 1 heterocycles. The number of ketones is 1. The lowest BCUT2D eigenvalue weighted by molar-refractivity contribution is 0.0921. The fourth-order valence-corrected chi connectivity index (χ4v) is 2.40. The van der Waals surface area contributed by atoms with Crippen LogP contribution < -0.4 is 9.47 Å². The Morgan fingerprint density at radius 3 is 2.95 bits per heavy atom. The Morgan fingerprint density at radius 2 is 2.14 bits per heavy atom. The van der Waals surface area contributed by atoms with Crippen LogP contribution in [0, 0.1) is 5.82 Å². The highest BCUT2D eigenvalue weighted by atomic mass is 35.5. The molecule has 0 fully saturated rings. The second-order valence-electron chi connectivity index (χ2n) is 4.71. The van der Waals surface area contributed by atoms with E-state index in [9.17, 15) is 9.18 Å². The van der Waals surface area contributed by atoms with Gasteiger partial charge in [0.05, 0.1) is 11.6 Å². The van der Waals surface area contributed by atoms with E-state index in [2.05, 4.69) is 0 Å². The van der Waals surface area contributed by atoms with Crippen molar-refractivity contribution in [2.45, 2.75) is 6.42 Å². The van der Waals surface area contributed by atoms with Gasteiger partial charge in [-0.3, -0.25) is 4.79 Å². The summed E-state index contributed by atoms with van der Waals surface area (Å²) in [4.78, 5) is 12.1. The molecule has 2 aromatic carbocycles. The normalized spacial score (nSPS) is 12.7. The van der Waals surface area contributed by atoms with Crippen molar-refractivity contribution < 1.29 is 18.7 Å². The van der Waals surface area contributed by atoms with E-state index in [0.29, 0.717) is 12.2 Å². The van der Waals surface area contributed by atoms with Gasteiger partial charge in [-0.2, -0.15) is 0 Å². The van der Waals surface area contributed by atoms with Gasteiger partial charge in [-0.15, -0.1) is 0 Å². The van der Waals surface area contributed by atoms with Crippen LogP contribution in [-0.4, -0.2) is 19.0 Å². The van der Waals surface area contributed by atoms with Crippen LogP contribution in [0.3, 0.4) is 0 Å². The van der Waals surface area contributed by atoms with Gasteiger partial charge in [0.1, 0.15) is 17.3 Å². The van der Waals surface area contributed by atoms with Crippen molar-refractivity contribution >= 4 is 17.4 Å². The summed E-state index contributed by atoms with van der Waals surface area (Å²) in [6, 6.07) is 9.11. The Bertz CT molecular complexity index is 700. The summed E-state index contributed by atoms with van der Waals surface area (Å²) in [6.07, 6.45) is 0.807. The lowest BCUT2D eigenvalue weighted by atomic mass is 10.1. The maximum absolute atomic E-state index is 12.9. The Morgan fingerprint density at radius 1 is 1.29 bits per heavy atom. The molecule has 5 heteroatoms. The second-order valence-corrected chi connectivity index (χ2v) is 5.11. The first-order valence-electron chi connectivity index (χ1n) is 6.50. The second kappa shape index (κ2) is 5.74. The molecule has 0 saturated carbocycles. The molecule has 0 radical (unpaired) electrons. The number of carbonyl (C=O) groups is 1. The first-order valence-corrected chi connectivity index (χ1v) is 6.88. The molecule has 1 aliphatic heterocycles. The molecule has 108 valence electrons. The molecule has 0 N–H and O–H groups in total. The van der Waals surface area contributed by atoms with Gasteiger partial charge in [-0.05, 0) is 42.0 Å². The highest BCUT2D eigenvalue weighted by Crippen LogP contribution is 2.27. The summed E-state index contributed by atoms with van der Waals surface area (Å²) >= 11 is 5.84. The lowest BCUT2D eigenvalue weighted by Gasteiger charge is -2.08. The van der Waals surface area contributed by atoms with Crippen molar-refractivity contribution in [2.75, 3.05) is 13.2 Å². The smallest absolute Gasteiger partial charge is 0.200 e. The molecule has 0 aliphatic carbocycles. The van der Waals surface area contributed by atoms with Gasteiger partial charge in [0.2, 0.25) is 0 Å². The standard InChI is InChI=1S/C16H12ClFO3/c17-13-8-12(18)2-4-16(13)21-9-14(19)10-1-3-15-11(7-10)5-6-20-15/h1-4,7-8H,5-6,9H2. The minimum atomic E-state index is -0.447. The molecule has 0 spiro atoms. The van der Waals surface area contributed by atoms with E-state index < -0.39 is 5.82 Å². The highest BCUT2D eigenvalue weighted by Gasteiger charge is 2.15. The molecule has 3 rings (SSSR count). The van der Waals surface area contributed by atoms with E-state index in [1.54, 1.807) is 12.1 Å². The average Bonchev–Trinajstić information content (AvgIpc) is 2.93. The third kappa shape index (κ3) is 3.00. The minimum Gasteiger partial charge on any atom is -0.493 e. The van der Waals surface area contributed by atoms with E-state index >= 15 is 0 Å². The van der Waals surface area contributed by atoms with Crippen molar-refractivity contribution in [3.05, 3.63) is 58.4 Å². The van der Waals surface area contributed by atoms with E-state index in [1.807, 2.05) is 6.07 Å². The van der Waals surface area contributed by atoms with Crippen LogP contribution in [0.5, 0.6) is 11.5 Å². The number of hydrogen-bond donors (Lipinski definition) is 0. The number of rotatable bonds is 4. The van der Waals surface area contributed by atoms with Gasteiger partial charge >= 0.3 is 0 Å². The van der Waals surface area contributed by atoms with Crippen LogP contribution in [0.15, 0.2) is 36.4 Å². The van der Waals surface area contributed by atoms with Crippen LogP contribution in [-0.2, 0) is 6.42 Å². The number of fused-ring (bicyclic) bond motifs is 1. The lowest BCUT2D eigenvalue weighted by Crippen LogP contribution is -2.12. The number of ether oxygens (including phenoxy) is 2. The van der Waals surface area contributed by atoms with Crippen molar-refractivity contribution in [3.63, 3.8) is 0 Å². The van der Waals surface area contributed by atoms with Gasteiger partial charge in [-0.25, -0.2) is 4.39 Å². The van der Waals surface area contributed by atoms with Crippen molar-refractivity contribution in [1.29, 1.82) is 0 Å². The summed E-state index contributed by atoms with van der Waals surface area (Å²) in [6.45, 7) is 0.500. The predicted octanol–water partition coefficient (Wildman–Crippen LogP) is 3.68. The molecular weight excluding hydrogens is 295 g/mol. The van der Waals surface area contributed by atoms with Gasteiger partial charge in [0.15, 0.2) is 12.4 Å². The van der Waals surface area contributed by atoms with E-state index in [4.69, 9.17) is 21.1 Å². The largest absolute Gasteiger partial charge is 0.493 e. The fraction of sp³-hybridized carbons (Fsp3) is 0.188. The summed E-state index contributed by atoms with van der Waals surface area (Å²) in [5.41, 5.74) is 1.60. The van der Waals surface area contributed by atoms with Gasteiger partial charge in [0, 0.05) is 12.0 Å². The highest BCUT2D eigenvalue weighted by molar-refractivity contribution is 6.32. The number of hydrogen-bond acceptors (Lipinski definition) is 3. The summed E-state index contributed by atoms with van der Waals surface area (Å²) < 4.78 is 23.7. The zero-order valence-electron chi connectivity index (χ0n) is 11.1. The Kier molecular flexibility index (Phi) is 3.80. The van der Waals surface area contributed by atoms with Gasteiger partial charge in [-0.1, -0.05) is 11.6 Å². The fourth-order valence-electron chi connectivity index (χ4n) is 2.18. The molecule has 0 unspecified atom stereocenters. The predicted molar refractivity (Wildman–Crippen MR) is 76.9 cm³/mol. The van der Waals surface area contributed by atoms with Crippen LogP contribution in [0.4, 0.5) is 4.39 Å². The van der Waals surface area contributed by atoms with Crippen molar-refractivity contribution in [3.8, 4) is 11.5 Å². The van der Waals surface area contributed by atoms with Crippen LogP contribution in [0.2, 0.25) is 5.02 Å². The molecule has 0 saturated heterocycles. The van der Waals surface area contributed by atoms with Crippen molar-refractivity contribution in [1.82, 2.24) is 0 Å². The first kappa shape index (κ1) is 13.9. The molecule has 2 aromatic rings. The van der Waals surface area contributed by atoms with Crippen LogP contribution >= 0.6 is 11.6 Å². The monoisotopic (exact) mass is 306 g/mol. The molecule has 0 bridgehead atoms. The van der Waals surface area contributed by atoms with E-state index in [0.717, 1.165) is 23.8 Å².